The van der Waals surface area contributed by atoms with Gasteiger partial charge >= 0.3 is 0 Å². The average Bonchev–Trinajstić information content (AvgIpc) is 3.49. The van der Waals surface area contributed by atoms with Gasteiger partial charge in [-0.2, -0.15) is 0 Å². The van der Waals surface area contributed by atoms with Crippen LogP contribution >= 0.6 is 0 Å². The predicted octanol–water partition coefficient (Wildman–Crippen LogP) is 6.09. The third-order valence-corrected chi connectivity index (χ3v) is 4.46. The molecule has 0 aliphatic rings. The molecule has 2 aromatic carbocycles. The largest absolute Gasteiger partial charge is 0.465 e. The predicted molar refractivity (Wildman–Crippen MR) is 120 cm³/mol. The zero-order chi connectivity index (χ0) is 21.5. The Morgan fingerprint density at radius 2 is 1.52 bits per heavy atom. The molecule has 2 heterocycles. The van der Waals surface area contributed by atoms with Crippen molar-refractivity contribution in [3.8, 4) is 11.3 Å². The summed E-state index contributed by atoms with van der Waals surface area (Å²) < 4.78 is 10.9. The number of ketones is 1. The van der Waals surface area contributed by atoms with Gasteiger partial charge in [-0.15, -0.1) is 0 Å². The standard InChI is InChI=1S/C26H19NO4/c28-24(15-12-23-13-16-25(31-23)20-5-2-1-3-6-20)19-8-10-21(11-9-19)27-26(29)17-14-22-7-4-18-30-22/h1-18H,(H,27,29)/b15-12+,17-14+. The Hall–Kier alpha value is -4.38. The first kappa shape index (κ1) is 19.9. The first-order valence-corrected chi connectivity index (χ1v) is 9.68. The van der Waals surface area contributed by atoms with Crippen LogP contribution in [0.3, 0.4) is 0 Å². The number of allylic oxidation sites excluding steroid dienone is 1. The Bertz CT molecular complexity index is 1210. The van der Waals surface area contributed by atoms with E-state index in [1.165, 1.54) is 18.4 Å². The molecule has 0 atom stereocenters. The third kappa shape index (κ3) is 5.36. The Labute approximate surface area is 179 Å². The summed E-state index contributed by atoms with van der Waals surface area (Å²) >= 11 is 0. The van der Waals surface area contributed by atoms with Crippen LogP contribution in [0.2, 0.25) is 0 Å². The van der Waals surface area contributed by atoms with Crippen LogP contribution in [0.15, 0.2) is 106 Å². The molecule has 0 spiro atoms. The first-order chi connectivity index (χ1) is 15.2. The van der Waals surface area contributed by atoms with Gasteiger partial charge in [0, 0.05) is 22.9 Å². The summed E-state index contributed by atoms with van der Waals surface area (Å²) in [5.74, 6) is 1.49. The van der Waals surface area contributed by atoms with Crippen LogP contribution in [-0.4, -0.2) is 11.7 Å². The average molecular weight is 409 g/mol. The smallest absolute Gasteiger partial charge is 0.248 e. The molecule has 5 heteroatoms. The van der Waals surface area contributed by atoms with Gasteiger partial charge in [-0.05, 0) is 66.8 Å². The lowest BCUT2D eigenvalue weighted by atomic mass is 10.1. The van der Waals surface area contributed by atoms with Crippen LogP contribution in [0.5, 0.6) is 0 Å². The molecule has 1 N–H and O–H groups in total. The molecule has 4 aromatic rings. The minimum Gasteiger partial charge on any atom is -0.465 e. The number of carbonyl (C=O) groups is 2. The Balaban J connectivity index is 1.35. The summed E-state index contributed by atoms with van der Waals surface area (Å²) in [6, 6.07) is 23.6. The molecule has 0 fully saturated rings. The van der Waals surface area contributed by atoms with E-state index in [-0.39, 0.29) is 11.7 Å². The second kappa shape index (κ2) is 9.41. The van der Waals surface area contributed by atoms with Crippen molar-refractivity contribution in [3.05, 3.63) is 114 Å². The number of hydrogen-bond acceptors (Lipinski definition) is 4. The van der Waals surface area contributed by atoms with E-state index in [0.29, 0.717) is 22.8 Å². The van der Waals surface area contributed by atoms with Crippen LogP contribution in [0.25, 0.3) is 23.5 Å². The number of benzene rings is 2. The van der Waals surface area contributed by atoms with Crippen molar-refractivity contribution >= 4 is 29.5 Å². The van der Waals surface area contributed by atoms with Crippen LogP contribution in [-0.2, 0) is 4.79 Å². The second-order valence-corrected chi connectivity index (χ2v) is 6.68. The fourth-order valence-corrected chi connectivity index (χ4v) is 2.90. The third-order valence-electron chi connectivity index (χ3n) is 4.46. The molecule has 2 aromatic heterocycles. The van der Waals surface area contributed by atoms with Crippen molar-refractivity contribution in [1.29, 1.82) is 0 Å². The van der Waals surface area contributed by atoms with Crippen LogP contribution in [0.4, 0.5) is 5.69 Å². The molecule has 0 saturated heterocycles. The summed E-state index contributed by atoms with van der Waals surface area (Å²) in [6.45, 7) is 0. The van der Waals surface area contributed by atoms with Crippen LogP contribution in [0.1, 0.15) is 21.9 Å². The Morgan fingerprint density at radius 3 is 2.26 bits per heavy atom. The molecule has 4 rings (SSSR count). The van der Waals surface area contributed by atoms with E-state index in [1.807, 2.05) is 42.5 Å². The topological polar surface area (TPSA) is 72.5 Å². The molecule has 1 amide bonds. The van der Waals surface area contributed by atoms with Gasteiger partial charge in [-0.3, -0.25) is 9.59 Å². The quantitative estimate of drug-likeness (QED) is 0.296. The molecular formula is C26H19NO4. The number of amides is 1. The maximum absolute atomic E-state index is 12.4. The highest BCUT2D eigenvalue weighted by Crippen LogP contribution is 2.22. The van der Waals surface area contributed by atoms with Gasteiger partial charge < -0.3 is 14.2 Å². The van der Waals surface area contributed by atoms with Gasteiger partial charge in [0.25, 0.3) is 0 Å². The number of carbonyl (C=O) groups excluding carboxylic acids is 2. The summed E-state index contributed by atoms with van der Waals surface area (Å²) in [6.07, 6.45) is 7.61. The molecule has 0 saturated carbocycles. The van der Waals surface area contributed by atoms with Gasteiger partial charge in [0.15, 0.2) is 5.78 Å². The summed E-state index contributed by atoms with van der Waals surface area (Å²) in [5, 5.41) is 2.73. The minimum absolute atomic E-state index is 0.159. The monoisotopic (exact) mass is 409 g/mol. The van der Waals surface area contributed by atoms with E-state index in [1.54, 1.807) is 48.6 Å². The van der Waals surface area contributed by atoms with Gasteiger partial charge in [-0.1, -0.05) is 30.3 Å². The lowest BCUT2D eigenvalue weighted by Gasteiger charge is -2.03. The van der Waals surface area contributed by atoms with E-state index >= 15 is 0 Å². The van der Waals surface area contributed by atoms with E-state index in [9.17, 15) is 9.59 Å². The molecule has 152 valence electrons. The summed E-state index contributed by atoms with van der Waals surface area (Å²) in [4.78, 5) is 24.4. The van der Waals surface area contributed by atoms with Gasteiger partial charge in [0.2, 0.25) is 5.91 Å². The van der Waals surface area contributed by atoms with Gasteiger partial charge in [0.1, 0.15) is 17.3 Å². The maximum Gasteiger partial charge on any atom is 0.248 e. The minimum atomic E-state index is -0.289. The summed E-state index contributed by atoms with van der Waals surface area (Å²) in [5.41, 5.74) is 2.08. The number of furan rings is 2. The van der Waals surface area contributed by atoms with Crippen molar-refractivity contribution < 1.29 is 18.4 Å². The highest BCUT2D eigenvalue weighted by Gasteiger charge is 2.05. The van der Waals surface area contributed by atoms with E-state index in [0.717, 1.165) is 11.3 Å². The van der Waals surface area contributed by atoms with E-state index in [2.05, 4.69) is 5.32 Å². The van der Waals surface area contributed by atoms with E-state index < -0.39 is 0 Å². The van der Waals surface area contributed by atoms with Crippen molar-refractivity contribution in [3.63, 3.8) is 0 Å². The lowest BCUT2D eigenvalue weighted by molar-refractivity contribution is -0.111. The second-order valence-electron chi connectivity index (χ2n) is 6.68. The number of anilines is 1. The Kier molecular flexibility index (Phi) is 6.05. The van der Waals surface area contributed by atoms with Crippen molar-refractivity contribution in [2.75, 3.05) is 5.32 Å². The Morgan fingerprint density at radius 1 is 0.742 bits per heavy atom. The lowest BCUT2D eigenvalue weighted by Crippen LogP contribution is -2.07. The molecule has 0 radical (unpaired) electrons. The molecule has 0 aliphatic heterocycles. The molecule has 5 nitrogen and oxygen atoms in total. The molecule has 0 aliphatic carbocycles. The van der Waals surface area contributed by atoms with Gasteiger partial charge in [0.05, 0.1) is 6.26 Å². The normalized spacial score (nSPS) is 11.2. The molecule has 0 bridgehead atoms. The maximum atomic E-state index is 12.4. The molecule has 31 heavy (non-hydrogen) atoms. The number of nitrogens with one attached hydrogen (secondary N) is 1. The molecular weight excluding hydrogens is 390 g/mol. The van der Waals surface area contributed by atoms with Crippen molar-refractivity contribution in [2.45, 2.75) is 0 Å². The van der Waals surface area contributed by atoms with Crippen LogP contribution < -0.4 is 5.32 Å². The fraction of sp³-hybridized carbons (Fsp3) is 0. The van der Waals surface area contributed by atoms with Crippen molar-refractivity contribution in [1.82, 2.24) is 0 Å². The number of hydrogen-bond donors (Lipinski definition) is 1. The van der Waals surface area contributed by atoms with E-state index in [4.69, 9.17) is 8.83 Å². The zero-order valence-corrected chi connectivity index (χ0v) is 16.5. The van der Waals surface area contributed by atoms with Crippen molar-refractivity contribution in [2.24, 2.45) is 0 Å². The highest BCUT2D eigenvalue weighted by molar-refractivity contribution is 6.07. The fourth-order valence-electron chi connectivity index (χ4n) is 2.90. The van der Waals surface area contributed by atoms with Gasteiger partial charge in [-0.25, -0.2) is 0 Å². The SMILES string of the molecule is O=C(/C=C/c1ccco1)Nc1ccc(C(=O)/C=C/c2ccc(-c3ccccc3)o2)cc1. The number of rotatable bonds is 7. The zero-order valence-electron chi connectivity index (χ0n) is 16.5. The van der Waals surface area contributed by atoms with Crippen LogP contribution in [0, 0.1) is 0 Å². The summed E-state index contributed by atoms with van der Waals surface area (Å²) in [7, 11) is 0. The first-order valence-electron chi connectivity index (χ1n) is 9.68. The molecule has 0 unspecified atom stereocenters. The highest BCUT2D eigenvalue weighted by atomic mass is 16.3.